The van der Waals surface area contributed by atoms with Crippen LogP contribution in [0.2, 0.25) is 10.0 Å². The van der Waals surface area contributed by atoms with Gasteiger partial charge in [0.15, 0.2) is 5.96 Å². The highest BCUT2D eigenvalue weighted by Gasteiger charge is 2.39. The van der Waals surface area contributed by atoms with Crippen molar-refractivity contribution in [1.29, 1.82) is 0 Å². The van der Waals surface area contributed by atoms with Gasteiger partial charge in [-0.2, -0.15) is 0 Å². The van der Waals surface area contributed by atoms with Gasteiger partial charge in [0.25, 0.3) is 0 Å². The first kappa shape index (κ1) is 12.1. The van der Waals surface area contributed by atoms with Crippen molar-refractivity contribution in [3.8, 4) is 0 Å². The van der Waals surface area contributed by atoms with E-state index in [0.29, 0.717) is 22.0 Å². The molecule has 1 heterocycles. The third kappa shape index (κ3) is 2.57. The van der Waals surface area contributed by atoms with Crippen molar-refractivity contribution in [2.45, 2.75) is 24.8 Å². The second-order valence-electron chi connectivity index (χ2n) is 4.78. The fourth-order valence-electron chi connectivity index (χ4n) is 2.27. The molecule has 0 saturated heterocycles. The lowest BCUT2D eigenvalue weighted by atomic mass is 10.1. The average molecular weight is 284 g/mol. The van der Waals surface area contributed by atoms with Crippen LogP contribution < -0.4 is 10.6 Å². The van der Waals surface area contributed by atoms with E-state index in [2.05, 4.69) is 21.7 Å². The SMILES string of the molecule is Clc1ccc([C@@H]2C[C@H]2NC2=NCCCN2)cc1Cl. The monoisotopic (exact) mass is 283 g/mol. The van der Waals surface area contributed by atoms with Gasteiger partial charge in [-0.1, -0.05) is 29.3 Å². The molecule has 1 aromatic carbocycles. The summed E-state index contributed by atoms with van der Waals surface area (Å²) in [5, 5.41) is 7.96. The smallest absolute Gasteiger partial charge is 0.191 e. The molecular weight excluding hydrogens is 269 g/mol. The summed E-state index contributed by atoms with van der Waals surface area (Å²) in [7, 11) is 0. The fourth-order valence-corrected chi connectivity index (χ4v) is 2.58. The molecule has 3 nitrogen and oxygen atoms in total. The number of guanidine groups is 1. The summed E-state index contributed by atoms with van der Waals surface area (Å²) in [6, 6.07) is 6.35. The number of halogens is 2. The highest BCUT2D eigenvalue weighted by atomic mass is 35.5. The Morgan fingerprint density at radius 3 is 2.89 bits per heavy atom. The third-order valence-electron chi connectivity index (χ3n) is 3.38. The zero-order chi connectivity index (χ0) is 12.5. The van der Waals surface area contributed by atoms with E-state index < -0.39 is 0 Å². The first-order valence-corrected chi connectivity index (χ1v) is 6.99. The van der Waals surface area contributed by atoms with Crippen molar-refractivity contribution in [3.63, 3.8) is 0 Å². The number of rotatable bonds is 2. The van der Waals surface area contributed by atoms with Crippen molar-refractivity contribution < 1.29 is 0 Å². The van der Waals surface area contributed by atoms with Gasteiger partial charge in [-0.15, -0.1) is 0 Å². The Bertz CT molecular complexity index is 487. The maximum Gasteiger partial charge on any atom is 0.191 e. The van der Waals surface area contributed by atoms with Crippen LogP contribution in [0.3, 0.4) is 0 Å². The highest BCUT2D eigenvalue weighted by molar-refractivity contribution is 6.42. The average Bonchev–Trinajstić information content (AvgIpc) is 3.13. The van der Waals surface area contributed by atoms with Gasteiger partial charge in [0.2, 0.25) is 0 Å². The van der Waals surface area contributed by atoms with E-state index >= 15 is 0 Å². The van der Waals surface area contributed by atoms with Crippen molar-refractivity contribution >= 4 is 29.2 Å². The summed E-state index contributed by atoms with van der Waals surface area (Å²) in [5.41, 5.74) is 1.25. The van der Waals surface area contributed by atoms with Crippen LogP contribution in [0.1, 0.15) is 24.3 Å². The van der Waals surface area contributed by atoms with Gasteiger partial charge >= 0.3 is 0 Å². The molecule has 0 bridgehead atoms. The molecule has 0 aromatic heterocycles. The van der Waals surface area contributed by atoms with Crippen LogP contribution in [0.25, 0.3) is 0 Å². The lowest BCUT2D eigenvalue weighted by Gasteiger charge is -2.16. The molecule has 2 aliphatic rings. The van der Waals surface area contributed by atoms with Gasteiger partial charge < -0.3 is 10.6 Å². The summed E-state index contributed by atoms with van der Waals surface area (Å²) in [5.74, 6) is 1.46. The van der Waals surface area contributed by atoms with E-state index in [1.54, 1.807) is 0 Å². The Balaban J connectivity index is 1.63. The Kier molecular flexibility index (Phi) is 3.35. The molecule has 0 radical (unpaired) electrons. The Hall–Kier alpha value is -0.930. The maximum atomic E-state index is 6.04. The molecule has 0 spiro atoms. The van der Waals surface area contributed by atoms with Crippen LogP contribution in [0.15, 0.2) is 23.2 Å². The number of hydrogen-bond acceptors (Lipinski definition) is 3. The number of aliphatic imine (C=N–C) groups is 1. The van der Waals surface area contributed by atoms with Gasteiger partial charge in [0.1, 0.15) is 0 Å². The van der Waals surface area contributed by atoms with E-state index in [4.69, 9.17) is 23.2 Å². The predicted molar refractivity (Wildman–Crippen MR) is 75.7 cm³/mol. The number of nitrogens with one attached hydrogen (secondary N) is 2. The van der Waals surface area contributed by atoms with Gasteiger partial charge in [-0.25, -0.2) is 0 Å². The number of hydrogen-bond donors (Lipinski definition) is 2. The van der Waals surface area contributed by atoms with Crippen LogP contribution >= 0.6 is 23.2 Å². The minimum absolute atomic E-state index is 0.464. The van der Waals surface area contributed by atoms with Gasteiger partial charge in [-0.05, 0) is 30.5 Å². The standard InChI is InChI=1S/C13H15Cl2N3/c14-10-3-2-8(6-11(10)15)9-7-12(9)18-13-16-4-1-5-17-13/h2-3,6,9,12H,1,4-5,7H2,(H2,16,17,18)/t9-,12+/m0/s1. The maximum absolute atomic E-state index is 6.04. The Labute approximate surface area is 117 Å². The summed E-state index contributed by atoms with van der Waals surface area (Å²) in [6.07, 6.45) is 2.24. The summed E-state index contributed by atoms with van der Waals surface area (Å²) < 4.78 is 0. The van der Waals surface area contributed by atoms with Crippen LogP contribution in [0, 0.1) is 0 Å². The predicted octanol–water partition coefficient (Wildman–Crippen LogP) is 2.79. The lowest BCUT2D eigenvalue weighted by molar-refractivity contribution is 0.696. The van der Waals surface area contributed by atoms with E-state index in [1.807, 2.05) is 12.1 Å². The van der Waals surface area contributed by atoms with E-state index in [0.717, 1.165) is 31.9 Å². The lowest BCUT2D eigenvalue weighted by Crippen LogP contribution is -2.42. The minimum Gasteiger partial charge on any atom is -0.356 e. The van der Waals surface area contributed by atoms with Crippen LogP contribution in [-0.2, 0) is 0 Å². The molecule has 0 unspecified atom stereocenters. The highest BCUT2D eigenvalue weighted by Crippen LogP contribution is 2.42. The van der Waals surface area contributed by atoms with Crippen molar-refractivity contribution in [3.05, 3.63) is 33.8 Å². The molecule has 0 amide bonds. The quantitative estimate of drug-likeness (QED) is 0.876. The summed E-state index contributed by atoms with van der Waals surface area (Å²) in [6.45, 7) is 1.93. The second-order valence-corrected chi connectivity index (χ2v) is 5.59. The first-order valence-electron chi connectivity index (χ1n) is 6.24. The molecule has 2 N–H and O–H groups in total. The molecule has 2 atom stereocenters. The number of nitrogens with zero attached hydrogens (tertiary/aromatic N) is 1. The molecule has 1 saturated carbocycles. The Morgan fingerprint density at radius 1 is 1.28 bits per heavy atom. The van der Waals surface area contributed by atoms with E-state index in [1.165, 1.54) is 5.56 Å². The molecule has 1 fully saturated rings. The largest absolute Gasteiger partial charge is 0.356 e. The number of benzene rings is 1. The van der Waals surface area contributed by atoms with Crippen molar-refractivity contribution in [2.24, 2.45) is 4.99 Å². The van der Waals surface area contributed by atoms with Crippen LogP contribution in [0.4, 0.5) is 0 Å². The van der Waals surface area contributed by atoms with E-state index in [-0.39, 0.29) is 0 Å². The molecule has 96 valence electrons. The molecule has 3 rings (SSSR count). The molecule has 1 aliphatic heterocycles. The molecule has 1 aromatic rings. The zero-order valence-corrected chi connectivity index (χ0v) is 11.4. The summed E-state index contributed by atoms with van der Waals surface area (Å²) >= 11 is 12.0. The summed E-state index contributed by atoms with van der Waals surface area (Å²) in [4.78, 5) is 4.42. The van der Waals surface area contributed by atoms with Crippen LogP contribution in [-0.4, -0.2) is 25.1 Å². The third-order valence-corrected chi connectivity index (χ3v) is 4.12. The minimum atomic E-state index is 0.464. The van der Waals surface area contributed by atoms with Crippen LogP contribution in [0.5, 0.6) is 0 Å². The molecule has 5 heteroatoms. The van der Waals surface area contributed by atoms with Crippen molar-refractivity contribution in [1.82, 2.24) is 10.6 Å². The topological polar surface area (TPSA) is 36.4 Å². The van der Waals surface area contributed by atoms with Gasteiger partial charge in [-0.3, -0.25) is 4.99 Å². The zero-order valence-electron chi connectivity index (χ0n) is 9.92. The first-order chi connectivity index (χ1) is 8.74. The normalized spacial score (nSPS) is 26.2. The molecular formula is C13H15Cl2N3. The van der Waals surface area contributed by atoms with Gasteiger partial charge in [0.05, 0.1) is 10.0 Å². The molecule has 18 heavy (non-hydrogen) atoms. The Morgan fingerprint density at radius 2 is 2.17 bits per heavy atom. The fraction of sp³-hybridized carbons (Fsp3) is 0.462. The van der Waals surface area contributed by atoms with E-state index in [9.17, 15) is 0 Å². The molecule has 1 aliphatic carbocycles. The van der Waals surface area contributed by atoms with Gasteiger partial charge in [0, 0.05) is 25.0 Å². The van der Waals surface area contributed by atoms with Crippen molar-refractivity contribution in [2.75, 3.05) is 13.1 Å². The second kappa shape index (κ2) is 4.98.